The van der Waals surface area contributed by atoms with Gasteiger partial charge in [0.25, 0.3) is 0 Å². The lowest BCUT2D eigenvalue weighted by Gasteiger charge is -2.23. The van der Waals surface area contributed by atoms with Gasteiger partial charge < -0.3 is 38.8 Å². The maximum atomic E-state index is 13.5. The molecule has 2 aromatic rings. The van der Waals surface area contributed by atoms with Crippen molar-refractivity contribution in [2.24, 2.45) is 50.5 Å². The van der Waals surface area contributed by atoms with Crippen molar-refractivity contribution in [1.82, 2.24) is 5.32 Å². The SMILES string of the molecule is CC(=O)C[C@H](CCCN=C(N)N)C(=O)N[C@@H](CCCN=C(N)N)C(=O)C[C@@H](Cc1ccc(C(=O)c2ccccc2)cc1)C(N)=O. The number of Topliss-reactive ketones (excluding diaryl/α,β-unsaturated/α-hetero) is 2. The zero-order valence-electron chi connectivity index (χ0n) is 25.6. The number of guanidine groups is 2. The monoisotopic (exact) mass is 620 g/mol. The highest BCUT2D eigenvalue weighted by Crippen LogP contribution is 2.19. The van der Waals surface area contributed by atoms with Gasteiger partial charge in [0.1, 0.15) is 5.78 Å². The number of nitrogens with two attached hydrogens (primary N) is 5. The molecule has 0 bridgehead atoms. The lowest BCUT2D eigenvalue weighted by Crippen LogP contribution is -2.45. The predicted molar refractivity (Wildman–Crippen MR) is 173 cm³/mol. The minimum absolute atomic E-state index is 0.0186. The molecule has 2 aromatic carbocycles. The van der Waals surface area contributed by atoms with E-state index in [9.17, 15) is 24.0 Å². The van der Waals surface area contributed by atoms with Crippen molar-refractivity contribution in [2.45, 2.75) is 57.9 Å². The minimum atomic E-state index is -0.966. The molecule has 0 aliphatic rings. The maximum absolute atomic E-state index is 13.5. The number of primary amides is 1. The fourth-order valence-corrected chi connectivity index (χ4v) is 4.82. The van der Waals surface area contributed by atoms with Gasteiger partial charge in [-0.3, -0.25) is 29.2 Å². The van der Waals surface area contributed by atoms with E-state index < -0.39 is 35.5 Å². The number of nitrogens with zero attached hydrogens (tertiary/aromatic N) is 2. The van der Waals surface area contributed by atoms with Crippen LogP contribution in [0, 0.1) is 11.8 Å². The van der Waals surface area contributed by atoms with Crippen LogP contribution in [0.2, 0.25) is 0 Å². The molecule has 2 rings (SSSR count). The van der Waals surface area contributed by atoms with Gasteiger partial charge in [0.05, 0.1) is 6.04 Å². The first-order valence-electron chi connectivity index (χ1n) is 14.8. The standard InChI is InChI=1S/C32H44N8O5/c1-20(41)17-24(9-5-15-38-31(34)35)30(45)40-26(10-6-16-39-32(36)37)27(42)19-25(29(33)44)18-21-11-13-23(14-12-21)28(43)22-7-3-2-4-8-22/h2-4,7-8,11-14,24-26H,5-6,9-10,15-19H2,1H3,(H2,33,44)(H,40,45)(H4,34,35,38)(H4,36,37,39)/t24-,25+,26-/m0/s1. The van der Waals surface area contributed by atoms with Crippen LogP contribution in [0.15, 0.2) is 64.6 Å². The maximum Gasteiger partial charge on any atom is 0.224 e. The number of amides is 2. The first kappa shape index (κ1) is 36.1. The van der Waals surface area contributed by atoms with Gasteiger partial charge in [-0.25, -0.2) is 0 Å². The molecule has 2 amide bonds. The van der Waals surface area contributed by atoms with E-state index in [0.717, 1.165) is 0 Å². The van der Waals surface area contributed by atoms with Gasteiger partial charge in [0, 0.05) is 48.9 Å². The van der Waals surface area contributed by atoms with Gasteiger partial charge in [0.2, 0.25) is 11.8 Å². The Morgan fingerprint density at radius 1 is 0.711 bits per heavy atom. The average Bonchev–Trinajstić information content (AvgIpc) is 2.99. The van der Waals surface area contributed by atoms with Gasteiger partial charge in [-0.05, 0) is 44.6 Å². The summed E-state index contributed by atoms with van der Waals surface area (Å²) in [4.78, 5) is 71.7. The van der Waals surface area contributed by atoms with Crippen LogP contribution in [0.5, 0.6) is 0 Å². The molecular weight excluding hydrogens is 576 g/mol. The van der Waals surface area contributed by atoms with E-state index in [1.165, 1.54) is 6.92 Å². The van der Waals surface area contributed by atoms with Gasteiger partial charge in [-0.1, -0.05) is 54.6 Å². The molecule has 3 atom stereocenters. The van der Waals surface area contributed by atoms with Gasteiger partial charge in [-0.15, -0.1) is 0 Å². The van der Waals surface area contributed by atoms with E-state index in [-0.39, 0.29) is 62.3 Å². The van der Waals surface area contributed by atoms with E-state index >= 15 is 0 Å². The summed E-state index contributed by atoms with van der Waals surface area (Å²) in [6.07, 6.45) is 1.26. The molecule has 0 spiro atoms. The highest BCUT2D eigenvalue weighted by molar-refractivity contribution is 6.09. The second-order valence-corrected chi connectivity index (χ2v) is 10.9. The Balaban J connectivity index is 2.16. The topological polar surface area (TPSA) is 252 Å². The molecule has 11 N–H and O–H groups in total. The zero-order chi connectivity index (χ0) is 33.4. The zero-order valence-corrected chi connectivity index (χ0v) is 25.6. The lowest BCUT2D eigenvalue weighted by atomic mass is 9.89. The number of hydrogen-bond acceptors (Lipinski definition) is 7. The summed E-state index contributed by atoms with van der Waals surface area (Å²) in [6, 6.07) is 14.7. The summed E-state index contributed by atoms with van der Waals surface area (Å²) in [5, 5.41) is 2.78. The number of benzene rings is 2. The Kier molecular flexibility index (Phi) is 14.9. The summed E-state index contributed by atoms with van der Waals surface area (Å²) >= 11 is 0. The van der Waals surface area contributed by atoms with Crippen LogP contribution in [0.3, 0.4) is 0 Å². The number of carbonyl (C=O) groups is 5. The molecule has 13 nitrogen and oxygen atoms in total. The summed E-state index contributed by atoms with van der Waals surface area (Å²) in [5.41, 5.74) is 29.0. The molecule has 0 unspecified atom stereocenters. The highest BCUT2D eigenvalue weighted by atomic mass is 16.2. The molecule has 0 aliphatic carbocycles. The van der Waals surface area contributed by atoms with Crippen LogP contribution in [0.1, 0.15) is 66.9 Å². The summed E-state index contributed by atoms with van der Waals surface area (Å²) < 4.78 is 0. The molecule has 0 heterocycles. The second kappa shape index (κ2) is 18.6. The van der Waals surface area contributed by atoms with Crippen molar-refractivity contribution in [3.63, 3.8) is 0 Å². The number of carbonyl (C=O) groups excluding carboxylic acids is 5. The first-order valence-corrected chi connectivity index (χ1v) is 14.8. The third-order valence-electron chi connectivity index (χ3n) is 7.14. The van der Waals surface area contributed by atoms with Crippen molar-refractivity contribution >= 4 is 41.1 Å². The minimum Gasteiger partial charge on any atom is -0.370 e. The summed E-state index contributed by atoms with van der Waals surface area (Å²) in [6.45, 7) is 1.90. The Morgan fingerprint density at radius 2 is 1.27 bits per heavy atom. The molecule has 0 saturated heterocycles. The number of nitrogens with one attached hydrogen (secondary N) is 1. The van der Waals surface area contributed by atoms with Crippen molar-refractivity contribution < 1.29 is 24.0 Å². The first-order chi connectivity index (χ1) is 21.4. The van der Waals surface area contributed by atoms with E-state index in [1.807, 2.05) is 6.07 Å². The highest BCUT2D eigenvalue weighted by Gasteiger charge is 2.29. The molecule has 0 fully saturated rings. The average molecular weight is 621 g/mol. The molecule has 0 aliphatic heterocycles. The third-order valence-corrected chi connectivity index (χ3v) is 7.14. The van der Waals surface area contributed by atoms with Gasteiger partial charge in [-0.2, -0.15) is 0 Å². The number of hydrogen-bond donors (Lipinski definition) is 6. The van der Waals surface area contributed by atoms with Crippen LogP contribution in [0.25, 0.3) is 0 Å². The Bertz CT molecular complexity index is 1370. The number of aliphatic imine (C=N–C) groups is 2. The molecule has 0 aromatic heterocycles. The molecule has 45 heavy (non-hydrogen) atoms. The summed E-state index contributed by atoms with van der Waals surface area (Å²) in [5.74, 6) is -3.59. The van der Waals surface area contributed by atoms with Crippen LogP contribution in [-0.2, 0) is 25.6 Å². The van der Waals surface area contributed by atoms with Gasteiger partial charge in [0.15, 0.2) is 23.5 Å². The number of rotatable bonds is 20. The Hall–Kier alpha value is -5.07. The molecule has 13 heteroatoms. The van der Waals surface area contributed by atoms with E-state index in [2.05, 4.69) is 15.3 Å². The molecular formula is C32H44N8O5. The normalized spacial score (nSPS) is 12.6. The van der Waals surface area contributed by atoms with E-state index in [1.54, 1.807) is 48.5 Å². The van der Waals surface area contributed by atoms with Crippen molar-refractivity contribution in [3.8, 4) is 0 Å². The lowest BCUT2D eigenvalue weighted by molar-refractivity contribution is -0.133. The molecule has 242 valence electrons. The molecule has 0 radical (unpaired) electrons. The van der Waals surface area contributed by atoms with E-state index in [4.69, 9.17) is 28.7 Å². The Morgan fingerprint density at radius 3 is 1.80 bits per heavy atom. The predicted octanol–water partition coefficient (Wildman–Crippen LogP) is 0.708. The Labute approximate surface area is 263 Å². The second-order valence-electron chi connectivity index (χ2n) is 10.9. The summed E-state index contributed by atoms with van der Waals surface area (Å²) in [7, 11) is 0. The van der Waals surface area contributed by atoms with Crippen molar-refractivity contribution in [2.75, 3.05) is 13.1 Å². The molecule has 0 saturated carbocycles. The third kappa shape index (κ3) is 13.4. The van der Waals surface area contributed by atoms with Gasteiger partial charge >= 0.3 is 0 Å². The quantitative estimate of drug-likeness (QED) is 0.0526. The van der Waals surface area contributed by atoms with Crippen LogP contribution in [-0.4, -0.2) is 60.2 Å². The smallest absolute Gasteiger partial charge is 0.224 e. The van der Waals surface area contributed by atoms with E-state index in [0.29, 0.717) is 36.0 Å². The fourth-order valence-electron chi connectivity index (χ4n) is 4.82. The fraction of sp³-hybridized carbons (Fsp3) is 0.406. The van der Waals surface area contributed by atoms with Crippen molar-refractivity contribution in [1.29, 1.82) is 0 Å². The van der Waals surface area contributed by atoms with Crippen molar-refractivity contribution in [3.05, 3.63) is 71.3 Å². The largest absolute Gasteiger partial charge is 0.370 e. The van der Waals surface area contributed by atoms with Crippen LogP contribution >= 0.6 is 0 Å². The van der Waals surface area contributed by atoms with Crippen LogP contribution < -0.4 is 34.0 Å². The van der Waals surface area contributed by atoms with Crippen LogP contribution in [0.4, 0.5) is 0 Å². The number of ketones is 3.